The van der Waals surface area contributed by atoms with Gasteiger partial charge in [0.1, 0.15) is 13.2 Å². The van der Waals surface area contributed by atoms with Crippen molar-refractivity contribution >= 4 is 11.8 Å². The summed E-state index contributed by atoms with van der Waals surface area (Å²) in [5.74, 6) is 1.89. The van der Waals surface area contributed by atoms with Gasteiger partial charge in [-0.2, -0.15) is 5.26 Å². The van der Waals surface area contributed by atoms with Gasteiger partial charge in [-0.25, -0.2) is 4.98 Å². The van der Waals surface area contributed by atoms with E-state index in [1.165, 1.54) is 11.8 Å². The number of nitrogens with zero attached hydrogens (tertiary/aromatic N) is 3. The Morgan fingerprint density at radius 2 is 2.16 bits per heavy atom. The maximum Gasteiger partial charge on any atom is 0.173 e. The highest BCUT2D eigenvalue weighted by Gasteiger charge is 2.13. The number of benzene rings is 1. The molecule has 0 bridgehead atoms. The Morgan fingerprint density at radius 1 is 1.32 bits per heavy atom. The van der Waals surface area contributed by atoms with E-state index in [0.29, 0.717) is 19.0 Å². The van der Waals surface area contributed by atoms with Crippen LogP contribution in [0.5, 0.6) is 11.5 Å². The molecule has 0 atom stereocenters. The zero-order chi connectivity index (χ0) is 13.1. The Bertz CT molecular complexity index is 633. The summed E-state index contributed by atoms with van der Waals surface area (Å²) in [6, 6.07) is 7.86. The molecule has 0 radical (unpaired) electrons. The minimum Gasteiger partial charge on any atom is -0.486 e. The number of ether oxygens (including phenoxy) is 2. The second-order valence-electron chi connectivity index (χ2n) is 3.85. The van der Waals surface area contributed by atoms with E-state index in [9.17, 15) is 0 Å². The van der Waals surface area contributed by atoms with Crippen molar-refractivity contribution in [3.63, 3.8) is 0 Å². The Morgan fingerprint density at radius 3 is 3.00 bits per heavy atom. The van der Waals surface area contributed by atoms with E-state index in [2.05, 4.69) is 11.1 Å². The quantitative estimate of drug-likeness (QED) is 0.803. The van der Waals surface area contributed by atoms with E-state index in [1.54, 1.807) is 6.20 Å². The van der Waals surface area contributed by atoms with Crippen LogP contribution in [0.15, 0.2) is 35.7 Å². The maximum atomic E-state index is 8.64. The van der Waals surface area contributed by atoms with Crippen molar-refractivity contribution in [2.75, 3.05) is 19.0 Å². The van der Waals surface area contributed by atoms with Gasteiger partial charge in [0.25, 0.3) is 0 Å². The molecule has 0 saturated carbocycles. The van der Waals surface area contributed by atoms with E-state index in [0.717, 1.165) is 22.3 Å². The fourth-order valence-electron chi connectivity index (χ4n) is 1.87. The molecule has 1 aliphatic rings. The molecule has 96 valence electrons. The van der Waals surface area contributed by atoms with Gasteiger partial charge in [-0.1, -0.05) is 11.8 Å². The first-order chi connectivity index (χ1) is 9.38. The van der Waals surface area contributed by atoms with Crippen LogP contribution in [0.4, 0.5) is 0 Å². The van der Waals surface area contributed by atoms with Crippen LogP contribution in [0.25, 0.3) is 5.69 Å². The molecular weight excluding hydrogens is 262 g/mol. The lowest BCUT2D eigenvalue weighted by molar-refractivity contribution is 0.171. The first kappa shape index (κ1) is 11.9. The largest absolute Gasteiger partial charge is 0.486 e. The summed E-state index contributed by atoms with van der Waals surface area (Å²) in [6.45, 7) is 1.15. The fraction of sp³-hybridized carbons (Fsp3) is 0.231. The predicted molar refractivity (Wildman–Crippen MR) is 70.9 cm³/mol. The fourth-order valence-corrected chi connectivity index (χ4v) is 2.51. The van der Waals surface area contributed by atoms with Gasteiger partial charge in [0.15, 0.2) is 16.7 Å². The molecule has 19 heavy (non-hydrogen) atoms. The summed E-state index contributed by atoms with van der Waals surface area (Å²) < 4.78 is 13.0. The zero-order valence-electron chi connectivity index (χ0n) is 10.1. The molecule has 1 aromatic carbocycles. The third-order valence-corrected chi connectivity index (χ3v) is 3.51. The summed E-state index contributed by atoms with van der Waals surface area (Å²) >= 11 is 1.40. The van der Waals surface area contributed by atoms with Crippen LogP contribution in [0.1, 0.15) is 0 Å². The number of rotatable bonds is 3. The molecule has 5 nitrogen and oxygen atoms in total. The minimum absolute atomic E-state index is 0.377. The Hall–Kier alpha value is -2.13. The van der Waals surface area contributed by atoms with E-state index >= 15 is 0 Å². The number of imidazole rings is 1. The van der Waals surface area contributed by atoms with Crippen molar-refractivity contribution in [3.8, 4) is 23.3 Å². The Balaban J connectivity index is 1.94. The molecule has 1 aliphatic heterocycles. The molecular formula is C13H11N3O2S. The molecule has 0 saturated heterocycles. The summed E-state index contributed by atoms with van der Waals surface area (Å²) in [6.07, 6.45) is 3.58. The molecule has 1 aromatic heterocycles. The van der Waals surface area contributed by atoms with Crippen molar-refractivity contribution in [2.45, 2.75) is 5.16 Å². The normalized spacial score (nSPS) is 13.0. The van der Waals surface area contributed by atoms with Crippen LogP contribution in [0.2, 0.25) is 0 Å². The van der Waals surface area contributed by atoms with Gasteiger partial charge in [-0.3, -0.25) is 4.57 Å². The Kier molecular flexibility index (Phi) is 3.29. The second kappa shape index (κ2) is 5.24. The van der Waals surface area contributed by atoms with Crippen molar-refractivity contribution in [2.24, 2.45) is 0 Å². The number of hydrogen-bond acceptors (Lipinski definition) is 5. The maximum absolute atomic E-state index is 8.64. The van der Waals surface area contributed by atoms with Crippen molar-refractivity contribution in [1.29, 1.82) is 5.26 Å². The molecule has 0 amide bonds. The van der Waals surface area contributed by atoms with Gasteiger partial charge in [-0.05, 0) is 12.1 Å². The molecule has 0 aliphatic carbocycles. The SMILES string of the molecule is N#CCSc1nccn1-c1ccc2c(c1)OCCO2. The van der Waals surface area contributed by atoms with Crippen LogP contribution in [0, 0.1) is 11.3 Å². The highest BCUT2D eigenvalue weighted by atomic mass is 32.2. The highest BCUT2D eigenvalue weighted by Crippen LogP contribution is 2.33. The van der Waals surface area contributed by atoms with E-state index in [4.69, 9.17) is 14.7 Å². The zero-order valence-corrected chi connectivity index (χ0v) is 10.9. The summed E-state index contributed by atoms with van der Waals surface area (Å²) in [4.78, 5) is 4.24. The van der Waals surface area contributed by atoms with Gasteiger partial charge < -0.3 is 9.47 Å². The molecule has 3 rings (SSSR count). The van der Waals surface area contributed by atoms with Crippen molar-refractivity contribution in [1.82, 2.24) is 9.55 Å². The van der Waals surface area contributed by atoms with Gasteiger partial charge in [-0.15, -0.1) is 0 Å². The summed E-state index contributed by atoms with van der Waals surface area (Å²) in [5.41, 5.74) is 0.946. The number of hydrogen-bond donors (Lipinski definition) is 0. The van der Waals surface area contributed by atoms with Crippen molar-refractivity contribution in [3.05, 3.63) is 30.6 Å². The average molecular weight is 273 g/mol. The van der Waals surface area contributed by atoms with E-state index in [1.807, 2.05) is 29.0 Å². The molecule has 0 unspecified atom stereocenters. The van der Waals surface area contributed by atoms with Crippen LogP contribution in [0.3, 0.4) is 0 Å². The summed E-state index contributed by atoms with van der Waals surface area (Å²) in [5, 5.41) is 9.43. The topological polar surface area (TPSA) is 60.1 Å². The first-order valence-electron chi connectivity index (χ1n) is 5.81. The molecule has 2 aromatic rings. The van der Waals surface area contributed by atoms with Crippen LogP contribution >= 0.6 is 11.8 Å². The van der Waals surface area contributed by atoms with Crippen molar-refractivity contribution < 1.29 is 9.47 Å². The van der Waals surface area contributed by atoms with Gasteiger partial charge in [0.05, 0.1) is 17.5 Å². The smallest absolute Gasteiger partial charge is 0.173 e. The van der Waals surface area contributed by atoms with Gasteiger partial charge in [0, 0.05) is 18.5 Å². The lowest BCUT2D eigenvalue weighted by atomic mass is 10.2. The molecule has 0 N–H and O–H groups in total. The monoisotopic (exact) mass is 273 g/mol. The van der Waals surface area contributed by atoms with Gasteiger partial charge >= 0.3 is 0 Å². The second-order valence-corrected chi connectivity index (χ2v) is 4.80. The van der Waals surface area contributed by atoms with Gasteiger partial charge in [0.2, 0.25) is 0 Å². The Labute approximate surface area is 114 Å². The standard InChI is InChI=1S/C13H11N3O2S/c14-3-8-19-13-15-4-5-16(13)10-1-2-11-12(9-10)18-7-6-17-11/h1-2,4-5,9H,6-8H2. The first-order valence-corrected chi connectivity index (χ1v) is 6.80. The number of aromatic nitrogens is 2. The number of thioether (sulfide) groups is 1. The third-order valence-electron chi connectivity index (χ3n) is 2.68. The number of nitriles is 1. The van der Waals surface area contributed by atoms with E-state index < -0.39 is 0 Å². The molecule has 2 heterocycles. The molecule has 0 fully saturated rings. The lowest BCUT2D eigenvalue weighted by Gasteiger charge is -2.19. The third kappa shape index (κ3) is 2.37. The average Bonchev–Trinajstić information content (AvgIpc) is 2.93. The van der Waals surface area contributed by atoms with E-state index in [-0.39, 0.29) is 0 Å². The lowest BCUT2D eigenvalue weighted by Crippen LogP contribution is -2.15. The predicted octanol–water partition coefficient (Wildman–Crippen LogP) is 2.26. The summed E-state index contributed by atoms with van der Waals surface area (Å²) in [7, 11) is 0. The number of fused-ring (bicyclic) bond motifs is 1. The molecule has 6 heteroatoms. The highest BCUT2D eigenvalue weighted by molar-refractivity contribution is 7.99. The minimum atomic E-state index is 0.377. The van der Waals surface area contributed by atoms with Crippen LogP contribution in [-0.2, 0) is 0 Å². The van der Waals surface area contributed by atoms with Crippen LogP contribution < -0.4 is 9.47 Å². The molecule has 0 spiro atoms. The van der Waals surface area contributed by atoms with Crippen LogP contribution in [-0.4, -0.2) is 28.5 Å².